The Balaban J connectivity index is 1.88. The van der Waals surface area contributed by atoms with Gasteiger partial charge in [-0.25, -0.2) is 0 Å². The molecule has 1 atom stereocenters. The van der Waals surface area contributed by atoms with E-state index in [2.05, 4.69) is 79.0 Å². The van der Waals surface area contributed by atoms with Crippen molar-refractivity contribution >= 4 is 0 Å². The topological polar surface area (TPSA) is 21.3 Å². The molecule has 1 heterocycles. The molecule has 0 saturated carbocycles. The van der Waals surface area contributed by atoms with E-state index in [-0.39, 0.29) is 6.10 Å². The molecule has 3 aromatic carbocycles. The van der Waals surface area contributed by atoms with Gasteiger partial charge in [0.1, 0.15) is 11.9 Å². The molecule has 0 saturated heterocycles. The van der Waals surface area contributed by atoms with E-state index in [9.17, 15) is 0 Å². The zero-order valence-electron chi connectivity index (χ0n) is 14.8. The molecule has 0 bridgehead atoms. The number of ether oxygens (including phenoxy) is 1. The summed E-state index contributed by atoms with van der Waals surface area (Å²) in [6.07, 6.45) is 1.16. The van der Waals surface area contributed by atoms with Gasteiger partial charge >= 0.3 is 0 Å². The normalized spacial score (nSPS) is 15.7. The third kappa shape index (κ3) is 3.06. The molecule has 0 aromatic heterocycles. The number of rotatable bonds is 4. The molecule has 0 spiro atoms. The van der Waals surface area contributed by atoms with Crippen molar-refractivity contribution in [2.45, 2.75) is 19.4 Å². The second kappa shape index (κ2) is 6.73. The number of hydrogen-bond donors (Lipinski definition) is 1. The Labute approximate surface area is 149 Å². The van der Waals surface area contributed by atoms with E-state index in [0.717, 1.165) is 18.7 Å². The van der Waals surface area contributed by atoms with Crippen LogP contribution in [0.1, 0.15) is 11.1 Å². The molecular weight excluding hydrogens is 306 g/mol. The third-order valence-electron chi connectivity index (χ3n) is 4.87. The predicted octanol–water partition coefficient (Wildman–Crippen LogP) is 4.85. The number of fused-ring (bicyclic) bond motifs is 1. The average molecular weight is 329 g/mol. The lowest BCUT2D eigenvalue weighted by Gasteiger charge is -2.15. The maximum absolute atomic E-state index is 6.32. The fourth-order valence-corrected chi connectivity index (χ4v) is 3.65. The summed E-state index contributed by atoms with van der Waals surface area (Å²) >= 11 is 0. The standard InChI is InChI=1S/C23H23NO/c1-16-8-6-7-11-21(16)22-14-18(17-9-4-3-5-10-17)12-19-13-20(15-24-2)25-23(19)22/h3-12,14,20,24H,13,15H2,1-2H3. The average Bonchev–Trinajstić information content (AvgIpc) is 3.05. The van der Waals surface area contributed by atoms with Crippen LogP contribution >= 0.6 is 0 Å². The van der Waals surface area contributed by atoms with Gasteiger partial charge in [-0.1, -0.05) is 54.6 Å². The van der Waals surface area contributed by atoms with Crippen LogP contribution in [0.2, 0.25) is 0 Å². The summed E-state index contributed by atoms with van der Waals surface area (Å²) in [6.45, 7) is 3.03. The van der Waals surface area contributed by atoms with E-state index in [1.807, 2.05) is 7.05 Å². The minimum atomic E-state index is 0.203. The van der Waals surface area contributed by atoms with Gasteiger partial charge in [0, 0.05) is 18.5 Å². The van der Waals surface area contributed by atoms with Crippen LogP contribution in [0.15, 0.2) is 66.7 Å². The lowest BCUT2D eigenvalue weighted by atomic mass is 9.92. The molecule has 126 valence electrons. The summed E-state index contributed by atoms with van der Waals surface area (Å²) in [5.74, 6) is 1.05. The van der Waals surface area contributed by atoms with Gasteiger partial charge in [0.05, 0.1) is 0 Å². The molecule has 1 unspecified atom stereocenters. The first-order valence-electron chi connectivity index (χ1n) is 8.86. The molecule has 0 aliphatic carbocycles. The number of aryl methyl sites for hydroxylation is 1. The SMILES string of the molecule is CNCC1Cc2cc(-c3ccccc3)cc(-c3ccccc3C)c2O1. The lowest BCUT2D eigenvalue weighted by molar-refractivity contribution is 0.232. The van der Waals surface area contributed by atoms with Crippen LogP contribution in [0.5, 0.6) is 5.75 Å². The van der Waals surface area contributed by atoms with E-state index >= 15 is 0 Å². The van der Waals surface area contributed by atoms with Crippen molar-refractivity contribution in [2.24, 2.45) is 0 Å². The fourth-order valence-electron chi connectivity index (χ4n) is 3.65. The first kappa shape index (κ1) is 15.9. The number of likely N-dealkylation sites (N-methyl/N-ethyl adjacent to an activating group) is 1. The lowest BCUT2D eigenvalue weighted by Crippen LogP contribution is -2.27. The summed E-state index contributed by atoms with van der Waals surface area (Å²) in [5.41, 5.74) is 7.54. The van der Waals surface area contributed by atoms with E-state index in [1.54, 1.807) is 0 Å². The van der Waals surface area contributed by atoms with Crippen molar-refractivity contribution in [3.63, 3.8) is 0 Å². The summed E-state index contributed by atoms with van der Waals surface area (Å²) in [4.78, 5) is 0. The largest absolute Gasteiger partial charge is 0.488 e. The van der Waals surface area contributed by atoms with E-state index in [4.69, 9.17) is 4.74 Å². The molecule has 1 N–H and O–H groups in total. The first-order chi connectivity index (χ1) is 12.3. The minimum absolute atomic E-state index is 0.203. The van der Waals surface area contributed by atoms with Gasteiger partial charge in [0.15, 0.2) is 0 Å². The highest BCUT2D eigenvalue weighted by Crippen LogP contribution is 2.42. The van der Waals surface area contributed by atoms with Crippen molar-refractivity contribution in [2.75, 3.05) is 13.6 Å². The van der Waals surface area contributed by atoms with Gasteiger partial charge in [-0.2, -0.15) is 0 Å². The molecule has 4 rings (SSSR count). The highest BCUT2D eigenvalue weighted by molar-refractivity contribution is 5.81. The number of nitrogens with one attached hydrogen (secondary N) is 1. The second-order valence-corrected chi connectivity index (χ2v) is 6.69. The smallest absolute Gasteiger partial charge is 0.131 e. The molecular formula is C23H23NO. The summed E-state index contributed by atoms with van der Waals surface area (Å²) in [5, 5.41) is 3.24. The van der Waals surface area contributed by atoms with Crippen LogP contribution in [-0.4, -0.2) is 19.7 Å². The maximum atomic E-state index is 6.32. The van der Waals surface area contributed by atoms with Gasteiger partial charge in [-0.05, 0) is 53.9 Å². The van der Waals surface area contributed by atoms with Gasteiger partial charge in [0.25, 0.3) is 0 Å². The van der Waals surface area contributed by atoms with E-state index in [1.165, 1.54) is 33.4 Å². The van der Waals surface area contributed by atoms with Crippen LogP contribution in [0.3, 0.4) is 0 Å². The number of hydrogen-bond acceptors (Lipinski definition) is 2. The molecule has 3 aromatic rings. The van der Waals surface area contributed by atoms with Crippen molar-refractivity contribution in [1.29, 1.82) is 0 Å². The fraction of sp³-hybridized carbons (Fsp3) is 0.217. The quantitative estimate of drug-likeness (QED) is 0.738. The Kier molecular flexibility index (Phi) is 4.29. The zero-order chi connectivity index (χ0) is 17.2. The Hall–Kier alpha value is -2.58. The minimum Gasteiger partial charge on any atom is -0.488 e. The molecule has 0 fully saturated rings. The second-order valence-electron chi connectivity index (χ2n) is 6.69. The van der Waals surface area contributed by atoms with Crippen molar-refractivity contribution < 1.29 is 4.74 Å². The Bertz CT molecular complexity index is 886. The highest BCUT2D eigenvalue weighted by atomic mass is 16.5. The van der Waals surface area contributed by atoms with E-state index < -0.39 is 0 Å². The summed E-state index contributed by atoms with van der Waals surface area (Å²) in [7, 11) is 1.98. The molecule has 2 heteroatoms. The van der Waals surface area contributed by atoms with Gasteiger partial charge in [-0.3, -0.25) is 0 Å². The zero-order valence-corrected chi connectivity index (χ0v) is 14.8. The maximum Gasteiger partial charge on any atom is 0.131 e. The molecule has 1 aliphatic heterocycles. The summed E-state index contributed by atoms with van der Waals surface area (Å²) in [6, 6.07) is 23.7. The van der Waals surface area contributed by atoms with Crippen LogP contribution in [-0.2, 0) is 6.42 Å². The van der Waals surface area contributed by atoms with Crippen LogP contribution in [0.4, 0.5) is 0 Å². The predicted molar refractivity (Wildman–Crippen MR) is 104 cm³/mol. The van der Waals surface area contributed by atoms with Gasteiger partial charge in [-0.15, -0.1) is 0 Å². The monoisotopic (exact) mass is 329 g/mol. The molecule has 2 nitrogen and oxygen atoms in total. The molecule has 25 heavy (non-hydrogen) atoms. The van der Waals surface area contributed by atoms with Crippen LogP contribution in [0.25, 0.3) is 22.3 Å². The van der Waals surface area contributed by atoms with E-state index in [0.29, 0.717) is 0 Å². The molecule has 1 aliphatic rings. The Morgan fingerprint density at radius 2 is 1.68 bits per heavy atom. The molecule has 0 amide bonds. The number of benzene rings is 3. The van der Waals surface area contributed by atoms with Crippen LogP contribution in [0, 0.1) is 6.92 Å². The Morgan fingerprint density at radius 1 is 0.920 bits per heavy atom. The third-order valence-corrected chi connectivity index (χ3v) is 4.87. The van der Waals surface area contributed by atoms with Gasteiger partial charge < -0.3 is 10.1 Å². The van der Waals surface area contributed by atoms with Crippen molar-refractivity contribution in [1.82, 2.24) is 5.32 Å². The van der Waals surface area contributed by atoms with Gasteiger partial charge in [0.2, 0.25) is 0 Å². The Morgan fingerprint density at radius 3 is 2.44 bits per heavy atom. The van der Waals surface area contributed by atoms with Crippen LogP contribution < -0.4 is 10.1 Å². The highest BCUT2D eigenvalue weighted by Gasteiger charge is 2.26. The molecule has 0 radical (unpaired) electrons. The first-order valence-corrected chi connectivity index (χ1v) is 8.86. The van der Waals surface area contributed by atoms with Crippen molar-refractivity contribution in [3.8, 4) is 28.0 Å². The van der Waals surface area contributed by atoms with Crippen molar-refractivity contribution in [3.05, 3.63) is 77.9 Å². The summed E-state index contributed by atoms with van der Waals surface area (Å²) < 4.78 is 6.32.